The second kappa shape index (κ2) is 9.76. The van der Waals surface area contributed by atoms with Crippen molar-refractivity contribution >= 4 is 5.71 Å². The van der Waals surface area contributed by atoms with E-state index in [0.717, 1.165) is 6.54 Å². The van der Waals surface area contributed by atoms with Gasteiger partial charge in [-0.2, -0.15) is 0 Å². The molecule has 0 radical (unpaired) electrons. The van der Waals surface area contributed by atoms with E-state index in [-0.39, 0.29) is 0 Å². The molecule has 0 aliphatic carbocycles. The van der Waals surface area contributed by atoms with Gasteiger partial charge in [0.2, 0.25) is 0 Å². The van der Waals surface area contributed by atoms with Crippen molar-refractivity contribution in [2.75, 3.05) is 6.54 Å². The van der Waals surface area contributed by atoms with Gasteiger partial charge in [-0.25, -0.2) is 0 Å². The van der Waals surface area contributed by atoms with Crippen molar-refractivity contribution in [3.05, 3.63) is 0 Å². The summed E-state index contributed by atoms with van der Waals surface area (Å²) in [5.74, 6) is 0. The van der Waals surface area contributed by atoms with Gasteiger partial charge in [-0.15, -0.1) is 0 Å². The highest BCUT2D eigenvalue weighted by Gasteiger charge is 1.92. The van der Waals surface area contributed by atoms with Crippen LogP contribution in [0.25, 0.3) is 0 Å². The Morgan fingerprint density at radius 2 is 1.62 bits per heavy atom. The second-order valence-electron chi connectivity index (χ2n) is 3.78. The fourth-order valence-electron chi connectivity index (χ4n) is 1.37. The van der Waals surface area contributed by atoms with Gasteiger partial charge >= 0.3 is 0 Å². The van der Waals surface area contributed by atoms with Gasteiger partial charge in [0.05, 0.1) is 0 Å². The third kappa shape index (κ3) is 9.59. The average molecular weight is 183 g/mol. The van der Waals surface area contributed by atoms with Gasteiger partial charge in [-0.3, -0.25) is 4.99 Å². The molecule has 0 bridgehead atoms. The van der Waals surface area contributed by atoms with Crippen LogP contribution in [0.15, 0.2) is 4.99 Å². The van der Waals surface area contributed by atoms with Gasteiger partial charge in [-0.05, 0) is 26.2 Å². The van der Waals surface area contributed by atoms with Crippen LogP contribution in [0.3, 0.4) is 0 Å². The standard InChI is InChI=1S/C12H25N/c1-4-6-7-8-9-10-12(3)13-11-5-2/h4-11H2,1-3H3. The van der Waals surface area contributed by atoms with E-state index in [9.17, 15) is 0 Å². The molecule has 0 unspecified atom stereocenters. The summed E-state index contributed by atoms with van der Waals surface area (Å²) in [5, 5.41) is 0. The third-order valence-electron chi connectivity index (χ3n) is 2.25. The molecule has 0 heterocycles. The molecule has 1 nitrogen and oxygen atoms in total. The highest BCUT2D eigenvalue weighted by Crippen LogP contribution is 2.05. The zero-order valence-corrected chi connectivity index (χ0v) is 9.60. The maximum absolute atomic E-state index is 4.48. The van der Waals surface area contributed by atoms with E-state index < -0.39 is 0 Å². The van der Waals surface area contributed by atoms with Gasteiger partial charge in [0.25, 0.3) is 0 Å². The average Bonchev–Trinajstić information content (AvgIpc) is 2.14. The predicted octanol–water partition coefficient (Wildman–Crippen LogP) is 4.22. The fourth-order valence-corrected chi connectivity index (χ4v) is 1.37. The molecule has 0 amide bonds. The largest absolute Gasteiger partial charge is 0.294 e. The van der Waals surface area contributed by atoms with Crippen LogP contribution in [0.5, 0.6) is 0 Å². The number of aliphatic imine (C=N–C) groups is 1. The molecule has 0 aliphatic heterocycles. The molecule has 0 aromatic heterocycles. The molecular weight excluding hydrogens is 158 g/mol. The summed E-state index contributed by atoms with van der Waals surface area (Å²) in [6.07, 6.45) is 9.23. The van der Waals surface area contributed by atoms with Gasteiger partial charge in [0, 0.05) is 12.3 Å². The van der Waals surface area contributed by atoms with Crippen LogP contribution in [-0.2, 0) is 0 Å². The SMILES string of the molecule is CCCCCCCC(C)=NCCC. The van der Waals surface area contributed by atoms with Gasteiger partial charge < -0.3 is 0 Å². The van der Waals surface area contributed by atoms with Crippen LogP contribution in [-0.4, -0.2) is 12.3 Å². The van der Waals surface area contributed by atoms with Crippen LogP contribution < -0.4 is 0 Å². The van der Waals surface area contributed by atoms with Crippen molar-refractivity contribution in [3.63, 3.8) is 0 Å². The number of hydrogen-bond acceptors (Lipinski definition) is 1. The van der Waals surface area contributed by atoms with Crippen LogP contribution in [0.4, 0.5) is 0 Å². The van der Waals surface area contributed by atoms with E-state index in [0.29, 0.717) is 0 Å². The molecule has 0 fully saturated rings. The van der Waals surface area contributed by atoms with Crippen molar-refractivity contribution in [3.8, 4) is 0 Å². The molecule has 0 aromatic carbocycles. The first kappa shape index (κ1) is 12.7. The van der Waals surface area contributed by atoms with Gasteiger partial charge in [0.1, 0.15) is 0 Å². The number of rotatable bonds is 8. The third-order valence-corrected chi connectivity index (χ3v) is 2.25. The van der Waals surface area contributed by atoms with Crippen molar-refractivity contribution in [2.24, 2.45) is 4.99 Å². The smallest absolute Gasteiger partial charge is 0.0385 e. The molecule has 0 rings (SSSR count). The molecule has 0 saturated carbocycles. The quantitative estimate of drug-likeness (QED) is 0.395. The van der Waals surface area contributed by atoms with E-state index in [1.165, 1.54) is 50.7 Å². The van der Waals surface area contributed by atoms with Crippen LogP contribution >= 0.6 is 0 Å². The van der Waals surface area contributed by atoms with E-state index in [2.05, 4.69) is 25.8 Å². The minimum absolute atomic E-state index is 1.01. The maximum Gasteiger partial charge on any atom is 0.0385 e. The second-order valence-corrected chi connectivity index (χ2v) is 3.78. The Morgan fingerprint density at radius 3 is 2.23 bits per heavy atom. The summed E-state index contributed by atoms with van der Waals surface area (Å²) in [6.45, 7) is 7.61. The molecule has 13 heavy (non-hydrogen) atoms. The molecule has 0 spiro atoms. The highest BCUT2D eigenvalue weighted by atomic mass is 14.7. The summed E-state index contributed by atoms with van der Waals surface area (Å²) < 4.78 is 0. The summed E-state index contributed by atoms with van der Waals surface area (Å²) in [7, 11) is 0. The first-order valence-corrected chi connectivity index (χ1v) is 5.81. The monoisotopic (exact) mass is 183 g/mol. The molecule has 0 saturated heterocycles. The van der Waals surface area contributed by atoms with E-state index in [1.807, 2.05) is 0 Å². The molecule has 0 N–H and O–H groups in total. The number of nitrogens with zero attached hydrogens (tertiary/aromatic N) is 1. The molecule has 0 aromatic rings. The predicted molar refractivity (Wildman–Crippen MR) is 61.6 cm³/mol. The van der Waals surface area contributed by atoms with E-state index in [1.54, 1.807) is 0 Å². The first-order chi connectivity index (χ1) is 6.31. The minimum Gasteiger partial charge on any atom is -0.294 e. The molecule has 78 valence electrons. The van der Waals surface area contributed by atoms with Crippen LogP contribution in [0.1, 0.15) is 65.7 Å². The summed E-state index contributed by atoms with van der Waals surface area (Å²) in [5.41, 5.74) is 1.35. The summed E-state index contributed by atoms with van der Waals surface area (Å²) >= 11 is 0. The van der Waals surface area contributed by atoms with Crippen molar-refractivity contribution < 1.29 is 0 Å². The Morgan fingerprint density at radius 1 is 0.923 bits per heavy atom. The van der Waals surface area contributed by atoms with E-state index >= 15 is 0 Å². The lowest BCUT2D eigenvalue weighted by molar-refractivity contribution is 0.642. The van der Waals surface area contributed by atoms with Gasteiger partial charge in [0.15, 0.2) is 0 Å². The van der Waals surface area contributed by atoms with E-state index in [4.69, 9.17) is 0 Å². The zero-order valence-electron chi connectivity index (χ0n) is 9.60. The first-order valence-electron chi connectivity index (χ1n) is 5.81. The van der Waals surface area contributed by atoms with Crippen LogP contribution in [0, 0.1) is 0 Å². The van der Waals surface area contributed by atoms with Gasteiger partial charge in [-0.1, -0.05) is 39.5 Å². The Balaban J connectivity index is 3.21. The topological polar surface area (TPSA) is 12.4 Å². The number of hydrogen-bond donors (Lipinski definition) is 0. The lowest BCUT2D eigenvalue weighted by Gasteiger charge is -2.00. The van der Waals surface area contributed by atoms with Crippen LogP contribution in [0.2, 0.25) is 0 Å². The number of unbranched alkanes of at least 4 members (excludes halogenated alkanes) is 4. The van der Waals surface area contributed by atoms with Crippen molar-refractivity contribution in [1.29, 1.82) is 0 Å². The maximum atomic E-state index is 4.48. The molecule has 0 aliphatic rings. The zero-order chi connectivity index (χ0) is 9.94. The summed E-state index contributed by atoms with van der Waals surface area (Å²) in [4.78, 5) is 4.48. The Labute approximate surface area is 83.6 Å². The Hall–Kier alpha value is -0.330. The highest BCUT2D eigenvalue weighted by molar-refractivity contribution is 5.81. The lowest BCUT2D eigenvalue weighted by atomic mass is 10.1. The Bertz CT molecular complexity index is 127. The van der Waals surface area contributed by atoms with Crippen molar-refractivity contribution in [2.45, 2.75) is 65.7 Å². The molecule has 1 heteroatoms. The normalized spacial score (nSPS) is 12.1. The molecular formula is C12H25N. The Kier molecular flexibility index (Phi) is 9.51. The lowest BCUT2D eigenvalue weighted by Crippen LogP contribution is -1.93. The minimum atomic E-state index is 1.01. The molecule has 0 atom stereocenters. The fraction of sp³-hybridized carbons (Fsp3) is 0.917. The summed E-state index contributed by atoms with van der Waals surface area (Å²) in [6, 6.07) is 0. The van der Waals surface area contributed by atoms with Crippen molar-refractivity contribution in [1.82, 2.24) is 0 Å².